The van der Waals surface area contributed by atoms with Crippen LogP contribution >= 0.6 is 11.6 Å². The van der Waals surface area contributed by atoms with Gasteiger partial charge in [-0.2, -0.15) is 0 Å². The first-order valence-corrected chi connectivity index (χ1v) is 8.52. The fraction of sp³-hybridized carbons (Fsp3) is 0.611. The van der Waals surface area contributed by atoms with Crippen LogP contribution in [0.1, 0.15) is 51.5 Å². The zero-order chi connectivity index (χ0) is 16.4. The summed E-state index contributed by atoms with van der Waals surface area (Å²) in [5.41, 5.74) is 6.67. The van der Waals surface area contributed by atoms with Crippen LogP contribution in [0.25, 0.3) is 0 Å². The average Bonchev–Trinajstić information content (AvgIpc) is 2.44. The molecule has 22 heavy (non-hydrogen) atoms. The number of nitrogens with two attached hydrogens (primary N) is 1. The molecule has 0 spiro atoms. The number of benzene rings is 1. The molecule has 1 amide bonds. The molecular formula is C18H29ClN2O. The number of hydrogen-bond acceptors (Lipinski definition) is 2. The van der Waals surface area contributed by atoms with Gasteiger partial charge in [-0.05, 0) is 48.9 Å². The smallest absolute Gasteiger partial charge is 0.220 e. The summed E-state index contributed by atoms with van der Waals surface area (Å²) in [4.78, 5) is 11.9. The maximum atomic E-state index is 11.9. The Bertz CT molecular complexity index is 460. The number of hydrogen-bond donors (Lipinski definition) is 2. The van der Waals surface area contributed by atoms with E-state index < -0.39 is 0 Å². The molecule has 0 bridgehead atoms. The van der Waals surface area contributed by atoms with Crippen LogP contribution in [0.15, 0.2) is 24.3 Å². The molecule has 0 aliphatic rings. The van der Waals surface area contributed by atoms with Crippen LogP contribution in [0.3, 0.4) is 0 Å². The van der Waals surface area contributed by atoms with Gasteiger partial charge in [-0.3, -0.25) is 4.79 Å². The van der Waals surface area contributed by atoms with Crippen LogP contribution in [0.4, 0.5) is 0 Å². The minimum atomic E-state index is 0.0138. The number of nitrogens with one attached hydrogen (secondary N) is 1. The first-order chi connectivity index (χ1) is 10.4. The molecule has 0 atom stereocenters. The van der Waals surface area contributed by atoms with Gasteiger partial charge in [-0.15, -0.1) is 0 Å². The lowest BCUT2D eigenvalue weighted by molar-refractivity contribution is -0.121. The lowest BCUT2D eigenvalue weighted by Crippen LogP contribution is -2.35. The third-order valence-electron chi connectivity index (χ3n) is 3.69. The van der Waals surface area contributed by atoms with E-state index in [1.54, 1.807) is 0 Å². The predicted molar refractivity (Wildman–Crippen MR) is 94.1 cm³/mol. The Morgan fingerprint density at radius 1 is 1.23 bits per heavy atom. The Hall–Kier alpha value is -1.06. The highest BCUT2D eigenvalue weighted by Crippen LogP contribution is 2.22. The van der Waals surface area contributed by atoms with Crippen molar-refractivity contribution in [2.45, 2.75) is 52.4 Å². The fourth-order valence-corrected chi connectivity index (χ4v) is 2.68. The Balaban J connectivity index is 2.28. The lowest BCUT2D eigenvalue weighted by atomic mass is 9.85. The van der Waals surface area contributed by atoms with E-state index in [-0.39, 0.29) is 11.3 Å². The molecule has 0 heterocycles. The second-order valence-electron chi connectivity index (χ2n) is 6.70. The summed E-state index contributed by atoms with van der Waals surface area (Å²) in [6.07, 6.45) is 5.69. The Morgan fingerprint density at radius 2 is 1.95 bits per heavy atom. The maximum Gasteiger partial charge on any atom is 0.220 e. The van der Waals surface area contributed by atoms with Crippen LogP contribution in [-0.4, -0.2) is 19.0 Å². The highest BCUT2D eigenvalue weighted by Gasteiger charge is 2.19. The topological polar surface area (TPSA) is 55.1 Å². The third kappa shape index (κ3) is 8.40. The molecule has 124 valence electrons. The zero-order valence-electron chi connectivity index (χ0n) is 13.8. The van der Waals surface area contributed by atoms with Crippen LogP contribution < -0.4 is 11.1 Å². The van der Waals surface area contributed by atoms with E-state index in [2.05, 4.69) is 25.2 Å². The van der Waals surface area contributed by atoms with E-state index in [0.717, 1.165) is 43.7 Å². The first-order valence-electron chi connectivity index (χ1n) is 8.14. The van der Waals surface area contributed by atoms with Crippen LogP contribution in [0.2, 0.25) is 5.02 Å². The van der Waals surface area contributed by atoms with Gasteiger partial charge in [0.05, 0.1) is 0 Å². The van der Waals surface area contributed by atoms with Crippen LogP contribution in [-0.2, 0) is 11.2 Å². The van der Waals surface area contributed by atoms with Gasteiger partial charge >= 0.3 is 0 Å². The van der Waals surface area contributed by atoms with Crippen molar-refractivity contribution in [3.63, 3.8) is 0 Å². The van der Waals surface area contributed by atoms with Gasteiger partial charge in [0.25, 0.3) is 0 Å². The van der Waals surface area contributed by atoms with Crippen molar-refractivity contribution in [2.75, 3.05) is 13.1 Å². The molecule has 1 aromatic rings. The first kappa shape index (κ1) is 19.0. The summed E-state index contributed by atoms with van der Waals surface area (Å²) >= 11 is 6.02. The van der Waals surface area contributed by atoms with Crippen molar-refractivity contribution < 1.29 is 4.79 Å². The second kappa shape index (κ2) is 9.86. The zero-order valence-corrected chi connectivity index (χ0v) is 14.6. The molecule has 0 aliphatic heterocycles. The SMILES string of the molecule is CC(C)(CNC(=O)CCCCCCN)Cc1cccc(Cl)c1. The van der Waals surface area contributed by atoms with Gasteiger partial charge in [-0.1, -0.05) is 50.4 Å². The van der Waals surface area contributed by atoms with Crippen molar-refractivity contribution in [3.05, 3.63) is 34.9 Å². The number of carbonyl (C=O) groups is 1. The van der Waals surface area contributed by atoms with Crippen molar-refractivity contribution >= 4 is 17.5 Å². The highest BCUT2D eigenvalue weighted by molar-refractivity contribution is 6.30. The summed E-state index contributed by atoms with van der Waals surface area (Å²) < 4.78 is 0. The quantitative estimate of drug-likeness (QED) is 0.641. The van der Waals surface area contributed by atoms with Crippen molar-refractivity contribution in [3.8, 4) is 0 Å². The number of unbranched alkanes of at least 4 members (excludes halogenated alkanes) is 3. The molecule has 0 radical (unpaired) electrons. The molecule has 4 heteroatoms. The number of rotatable bonds is 10. The number of amides is 1. The van der Waals surface area contributed by atoms with Gasteiger partial charge < -0.3 is 11.1 Å². The van der Waals surface area contributed by atoms with Gasteiger partial charge in [0.15, 0.2) is 0 Å². The Kier molecular flexibility index (Phi) is 8.51. The van der Waals surface area contributed by atoms with Gasteiger partial charge in [0, 0.05) is 18.0 Å². The van der Waals surface area contributed by atoms with E-state index in [1.165, 1.54) is 5.56 Å². The molecule has 0 unspecified atom stereocenters. The van der Waals surface area contributed by atoms with E-state index >= 15 is 0 Å². The van der Waals surface area contributed by atoms with Gasteiger partial charge in [-0.25, -0.2) is 0 Å². The fourth-order valence-electron chi connectivity index (χ4n) is 2.47. The van der Waals surface area contributed by atoms with E-state index in [1.807, 2.05) is 18.2 Å². The largest absolute Gasteiger partial charge is 0.356 e. The monoisotopic (exact) mass is 324 g/mol. The van der Waals surface area contributed by atoms with Gasteiger partial charge in [0.1, 0.15) is 0 Å². The minimum Gasteiger partial charge on any atom is -0.356 e. The molecule has 3 N–H and O–H groups in total. The molecule has 3 nitrogen and oxygen atoms in total. The molecule has 1 rings (SSSR count). The molecule has 0 saturated heterocycles. The van der Waals surface area contributed by atoms with E-state index in [4.69, 9.17) is 17.3 Å². The highest BCUT2D eigenvalue weighted by atomic mass is 35.5. The standard InChI is InChI=1S/C18H29ClN2O/c1-18(2,13-15-8-7-9-16(19)12-15)14-21-17(22)10-5-3-4-6-11-20/h7-9,12H,3-6,10-11,13-14,20H2,1-2H3,(H,21,22). The summed E-state index contributed by atoms with van der Waals surface area (Å²) in [5.74, 6) is 0.145. The molecule has 0 saturated carbocycles. The van der Waals surface area contributed by atoms with Crippen LogP contribution in [0, 0.1) is 5.41 Å². The van der Waals surface area contributed by atoms with E-state index in [9.17, 15) is 4.79 Å². The van der Waals surface area contributed by atoms with Crippen LogP contribution in [0.5, 0.6) is 0 Å². The number of halogens is 1. The summed E-state index contributed by atoms with van der Waals surface area (Å²) in [5, 5.41) is 3.81. The Morgan fingerprint density at radius 3 is 2.64 bits per heavy atom. The summed E-state index contributed by atoms with van der Waals surface area (Å²) in [6, 6.07) is 7.91. The van der Waals surface area contributed by atoms with Gasteiger partial charge in [0.2, 0.25) is 5.91 Å². The minimum absolute atomic E-state index is 0.0138. The molecule has 0 aromatic heterocycles. The average molecular weight is 325 g/mol. The molecule has 0 aliphatic carbocycles. The molecule has 1 aromatic carbocycles. The summed E-state index contributed by atoms with van der Waals surface area (Å²) in [6.45, 7) is 5.75. The second-order valence-corrected chi connectivity index (χ2v) is 7.14. The molecule has 0 fully saturated rings. The van der Waals surface area contributed by atoms with E-state index in [0.29, 0.717) is 13.0 Å². The normalized spacial score (nSPS) is 11.5. The number of carbonyl (C=O) groups excluding carboxylic acids is 1. The van der Waals surface area contributed by atoms with Crippen molar-refractivity contribution in [1.29, 1.82) is 0 Å². The lowest BCUT2D eigenvalue weighted by Gasteiger charge is -2.25. The summed E-state index contributed by atoms with van der Waals surface area (Å²) in [7, 11) is 0. The van der Waals surface area contributed by atoms with Crippen molar-refractivity contribution in [2.24, 2.45) is 11.1 Å². The third-order valence-corrected chi connectivity index (χ3v) is 3.93. The predicted octanol–water partition coefficient (Wildman–Crippen LogP) is 3.93. The van der Waals surface area contributed by atoms with Crippen molar-refractivity contribution in [1.82, 2.24) is 5.32 Å². The Labute approximate surface area is 139 Å². The maximum absolute atomic E-state index is 11.9. The molecular weight excluding hydrogens is 296 g/mol.